The van der Waals surface area contributed by atoms with E-state index in [9.17, 15) is 8.78 Å². The number of alkyl halides is 2. The summed E-state index contributed by atoms with van der Waals surface area (Å²) in [6.45, 7) is 0.182. The van der Waals surface area contributed by atoms with Gasteiger partial charge in [0, 0.05) is 22.4 Å². The number of halogens is 3. The lowest BCUT2D eigenvalue weighted by molar-refractivity contribution is 0.0215. The molecule has 0 unspecified atom stereocenters. The summed E-state index contributed by atoms with van der Waals surface area (Å²) in [5.41, 5.74) is 7.09. The van der Waals surface area contributed by atoms with Gasteiger partial charge in [-0.1, -0.05) is 0 Å². The van der Waals surface area contributed by atoms with Crippen molar-refractivity contribution in [2.24, 2.45) is 0 Å². The predicted octanol–water partition coefficient (Wildman–Crippen LogP) is 2.72. The van der Waals surface area contributed by atoms with Gasteiger partial charge < -0.3 is 15.8 Å². The minimum absolute atomic E-state index is 0.237. The second kappa shape index (κ2) is 6.65. The number of nitrogens with one attached hydrogen (secondary N) is 1. The lowest BCUT2D eigenvalue weighted by Gasteiger charge is -2.09. The fourth-order valence-corrected chi connectivity index (χ4v) is 1.64. The molecule has 3 nitrogen and oxygen atoms in total. The molecule has 0 fully saturated rings. The van der Waals surface area contributed by atoms with Crippen molar-refractivity contribution in [3.8, 4) is 0 Å². The van der Waals surface area contributed by atoms with Gasteiger partial charge in [0.2, 0.25) is 0 Å². The highest BCUT2D eigenvalue weighted by atomic mass is 79.9. The summed E-state index contributed by atoms with van der Waals surface area (Å²) in [7, 11) is 0. The van der Waals surface area contributed by atoms with Gasteiger partial charge in [-0.3, -0.25) is 0 Å². The molecule has 16 heavy (non-hydrogen) atoms. The van der Waals surface area contributed by atoms with Crippen molar-refractivity contribution in [2.45, 2.75) is 6.43 Å². The molecule has 0 aliphatic carbocycles. The third kappa shape index (κ3) is 4.76. The number of rotatable bonds is 6. The highest BCUT2D eigenvalue weighted by Crippen LogP contribution is 2.24. The van der Waals surface area contributed by atoms with Gasteiger partial charge in [-0.15, -0.1) is 0 Å². The van der Waals surface area contributed by atoms with Crippen LogP contribution in [0.1, 0.15) is 0 Å². The summed E-state index contributed by atoms with van der Waals surface area (Å²) in [4.78, 5) is 0. The van der Waals surface area contributed by atoms with Crippen molar-refractivity contribution in [3.63, 3.8) is 0 Å². The van der Waals surface area contributed by atoms with Crippen LogP contribution in [0.2, 0.25) is 0 Å². The lowest BCUT2D eigenvalue weighted by atomic mass is 10.3. The number of hydrogen-bond donors (Lipinski definition) is 2. The van der Waals surface area contributed by atoms with Crippen molar-refractivity contribution in [1.82, 2.24) is 0 Å². The predicted molar refractivity (Wildman–Crippen MR) is 63.9 cm³/mol. The highest BCUT2D eigenvalue weighted by Gasteiger charge is 2.02. The fraction of sp³-hybridized carbons (Fsp3) is 0.400. The van der Waals surface area contributed by atoms with Crippen LogP contribution in [0, 0.1) is 0 Å². The van der Waals surface area contributed by atoms with Crippen molar-refractivity contribution >= 4 is 27.3 Å². The van der Waals surface area contributed by atoms with Crippen molar-refractivity contribution in [2.75, 3.05) is 30.8 Å². The molecule has 0 bridgehead atoms. The van der Waals surface area contributed by atoms with E-state index in [4.69, 9.17) is 10.5 Å². The first-order valence-electron chi connectivity index (χ1n) is 4.74. The Kier molecular flexibility index (Phi) is 5.48. The van der Waals surface area contributed by atoms with Crippen LogP contribution in [0.5, 0.6) is 0 Å². The summed E-state index contributed by atoms with van der Waals surface area (Å²) in [6.07, 6.45) is -2.41. The van der Waals surface area contributed by atoms with E-state index in [1.54, 1.807) is 12.1 Å². The maximum Gasteiger partial charge on any atom is 0.261 e. The second-order valence-electron chi connectivity index (χ2n) is 3.13. The first-order chi connectivity index (χ1) is 7.59. The molecule has 0 radical (unpaired) electrons. The number of hydrogen-bond acceptors (Lipinski definition) is 3. The van der Waals surface area contributed by atoms with E-state index < -0.39 is 13.0 Å². The Hall–Kier alpha value is -0.880. The highest BCUT2D eigenvalue weighted by molar-refractivity contribution is 9.10. The molecule has 0 saturated heterocycles. The zero-order chi connectivity index (χ0) is 12.0. The Morgan fingerprint density at radius 3 is 2.81 bits per heavy atom. The minimum Gasteiger partial charge on any atom is -0.399 e. The van der Waals surface area contributed by atoms with Gasteiger partial charge in [0.05, 0.1) is 6.61 Å². The Labute approximate surface area is 101 Å². The van der Waals surface area contributed by atoms with Crippen LogP contribution >= 0.6 is 15.9 Å². The summed E-state index contributed by atoms with van der Waals surface area (Å²) in [6, 6.07) is 5.34. The van der Waals surface area contributed by atoms with Crippen molar-refractivity contribution in [3.05, 3.63) is 22.7 Å². The van der Waals surface area contributed by atoms with Gasteiger partial charge in [0.15, 0.2) is 0 Å². The van der Waals surface area contributed by atoms with Gasteiger partial charge in [0.1, 0.15) is 6.61 Å². The second-order valence-corrected chi connectivity index (χ2v) is 3.99. The van der Waals surface area contributed by atoms with Crippen LogP contribution in [-0.2, 0) is 4.74 Å². The topological polar surface area (TPSA) is 47.3 Å². The first kappa shape index (κ1) is 13.2. The van der Waals surface area contributed by atoms with E-state index in [2.05, 4.69) is 21.2 Å². The van der Waals surface area contributed by atoms with Crippen LogP contribution in [0.15, 0.2) is 22.7 Å². The maximum atomic E-state index is 11.7. The van der Waals surface area contributed by atoms with E-state index in [1.807, 2.05) is 6.07 Å². The van der Waals surface area contributed by atoms with Crippen LogP contribution in [-0.4, -0.2) is 26.2 Å². The molecule has 0 heterocycles. The number of benzene rings is 1. The van der Waals surface area contributed by atoms with Gasteiger partial charge in [-0.25, -0.2) is 8.78 Å². The van der Waals surface area contributed by atoms with Gasteiger partial charge in [-0.05, 0) is 34.1 Å². The van der Waals surface area contributed by atoms with Gasteiger partial charge >= 0.3 is 0 Å². The molecule has 0 spiro atoms. The summed E-state index contributed by atoms with van der Waals surface area (Å²) >= 11 is 3.34. The van der Waals surface area contributed by atoms with E-state index in [-0.39, 0.29) is 6.61 Å². The lowest BCUT2D eigenvalue weighted by Crippen LogP contribution is -2.13. The largest absolute Gasteiger partial charge is 0.399 e. The molecule has 1 aromatic rings. The minimum atomic E-state index is -2.41. The maximum absolute atomic E-state index is 11.7. The standard InChI is InChI=1S/C10H13BrF2N2O/c11-8-5-7(14)1-2-9(8)15-3-4-16-6-10(12)13/h1-2,5,10,15H,3-4,6,14H2. The Bertz CT molecular complexity index is 337. The van der Waals surface area contributed by atoms with E-state index >= 15 is 0 Å². The molecule has 0 aliphatic rings. The van der Waals surface area contributed by atoms with E-state index in [0.717, 1.165) is 10.2 Å². The van der Waals surface area contributed by atoms with Crippen LogP contribution in [0.3, 0.4) is 0 Å². The molecule has 0 atom stereocenters. The average Bonchev–Trinajstić information content (AvgIpc) is 2.20. The first-order valence-corrected chi connectivity index (χ1v) is 5.53. The Morgan fingerprint density at radius 2 is 2.19 bits per heavy atom. The van der Waals surface area contributed by atoms with Crippen LogP contribution in [0.25, 0.3) is 0 Å². The normalized spacial score (nSPS) is 10.8. The summed E-state index contributed by atoms with van der Waals surface area (Å²) in [5.74, 6) is 0. The SMILES string of the molecule is Nc1ccc(NCCOCC(F)F)c(Br)c1. The van der Waals surface area contributed by atoms with Gasteiger partial charge in [0.25, 0.3) is 6.43 Å². The Balaban J connectivity index is 2.27. The zero-order valence-electron chi connectivity index (χ0n) is 8.55. The molecule has 0 aromatic heterocycles. The Morgan fingerprint density at radius 1 is 1.44 bits per heavy atom. The summed E-state index contributed by atoms with van der Waals surface area (Å²) < 4.78 is 29.0. The van der Waals surface area contributed by atoms with Crippen LogP contribution in [0.4, 0.5) is 20.2 Å². The molecule has 0 amide bonds. The third-order valence-electron chi connectivity index (χ3n) is 1.80. The number of nitrogens with two attached hydrogens (primary N) is 1. The number of ether oxygens (including phenoxy) is 1. The van der Waals surface area contributed by atoms with Crippen LogP contribution < -0.4 is 11.1 Å². The fourth-order valence-electron chi connectivity index (χ4n) is 1.11. The molecule has 0 aliphatic heterocycles. The summed E-state index contributed by atoms with van der Waals surface area (Å²) in [5, 5.41) is 3.04. The molecule has 1 aromatic carbocycles. The van der Waals surface area contributed by atoms with E-state index in [1.165, 1.54) is 0 Å². The quantitative estimate of drug-likeness (QED) is 0.626. The zero-order valence-corrected chi connectivity index (χ0v) is 10.1. The number of anilines is 2. The number of nitrogen functional groups attached to an aromatic ring is 1. The molecule has 0 saturated carbocycles. The smallest absolute Gasteiger partial charge is 0.261 e. The van der Waals surface area contributed by atoms with Crippen molar-refractivity contribution < 1.29 is 13.5 Å². The molecule has 6 heteroatoms. The third-order valence-corrected chi connectivity index (χ3v) is 2.45. The molecule has 3 N–H and O–H groups in total. The van der Waals surface area contributed by atoms with E-state index in [0.29, 0.717) is 12.2 Å². The monoisotopic (exact) mass is 294 g/mol. The molecular formula is C10H13BrF2N2O. The molecule has 90 valence electrons. The molecular weight excluding hydrogens is 282 g/mol. The molecule has 1 rings (SSSR count). The van der Waals surface area contributed by atoms with Gasteiger partial charge in [-0.2, -0.15) is 0 Å². The van der Waals surface area contributed by atoms with Crippen molar-refractivity contribution in [1.29, 1.82) is 0 Å². The average molecular weight is 295 g/mol.